The maximum absolute atomic E-state index is 13.3. The average molecular weight is 450 g/mol. The number of pyridine rings is 1. The van der Waals surface area contributed by atoms with Gasteiger partial charge in [0.25, 0.3) is 0 Å². The molecule has 0 radical (unpaired) electrons. The summed E-state index contributed by atoms with van der Waals surface area (Å²) in [5.74, 6) is 1.47. The molecule has 6 nitrogen and oxygen atoms in total. The second-order valence-electron chi connectivity index (χ2n) is 8.49. The molecule has 3 aromatic rings. The number of hydrogen-bond acceptors (Lipinski definition) is 6. The van der Waals surface area contributed by atoms with E-state index in [9.17, 15) is 13.2 Å². The molecular weight excluding hydrogens is 426 g/mol. The van der Waals surface area contributed by atoms with Crippen LogP contribution in [0.1, 0.15) is 29.7 Å². The number of hydrogen-bond donors (Lipinski definition) is 0. The summed E-state index contributed by atoms with van der Waals surface area (Å²) in [5.41, 5.74) is 3.28. The Morgan fingerprint density at radius 1 is 1.00 bits per heavy atom. The number of ketones is 1. The summed E-state index contributed by atoms with van der Waals surface area (Å²) in [5, 5.41) is 0. The highest BCUT2D eigenvalue weighted by molar-refractivity contribution is 7.89. The molecule has 7 heteroatoms. The number of sulfone groups is 1. The number of carbonyl (C=O) groups excluding carboxylic acids is 1. The van der Waals surface area contributed by atoms with E-state index in [1.165, 1.54) is 6.26 Å². The predicted molar refractivity (Wildman–Crippen MR) is 120 cm³/mol. The largest absolute Gasteiger partial charge is 0.454 e. The number of carbonyl (C=O) groups is 1. The van der Waals surface area contributed by atoms with Crippen molar-refractivity contribution in [2.45, 2.75) is 30.4 Å². The van der Waals surface area contributed by atoms with E-state index in [-0.39, 0.29) is 24.7 Å². The van der Waals surface area contributed by atoms with Crippen molar-refractivity contribution >= 4 is 15.6 Å². The summed E-state index contributed by atoms with van der Waals surface area (Å²) in [4.78, 5) is 18.0. The van der Waals surface area contributed by atoms with Gasteiger partial charge in [-0.3, -0.25) is 9.78 Å². The fourth-order valence-corrected chi connectivity index (χ4v) is 5.10. The Bertz CT molecular complexity index is 1310. The SMILES string of the molecule is CS(=O)(=O)Cc1ccccc1-c1cccc(CC(=O)C2(c3ccc4c(c3)OCO4)CC2)n1. The lowest BCUT2D eigenvalue weighted by Gasteiger charge is -2.15. The Morgan fingerprint density at radius 3 is 2.56 bits per heavy atom. The Hall–Kier alpha value is -3.19. The van der Waals surface area contributed by atoms with Crippen molar-refractivity contribution in [1.82, 2.24) is 4.98 Å². The zero-order valence-electron chi connectivity index (χ0n) is 17.7. The molecule has 5 rings (SSSR count). The van der Waals surface area contributed by atoms with Crippen LogP contribution in [-0.2, 0) is 32.2 Å². The van der Waals surface area contributed by atoms with Crippen LogP contribution < -0.4 is 9.47 Å². The summed E-state index contributed by atoms with van der Waals surface area (Å²) >= 11 is 0. The molecule has 0 amide bonds. The van der Waals surface area contributed by atoms with Crippen molar-refractivity contribution in [2.24, 2.45) is 0 Å². The Morgan fingerprint density at radius 2 is 1.78 bits per heavy atom. The first-order chi connectivity index (χ1) is 15.3. The topological polar surface area (TPSA) is 82.6 Å². The molecule has 0 unspecified atom stereocenters. The van der Waals surface area contributed by atoms with Crippen molar-refractivity contribution in [3.63, 3.8) is 0 Å². The third-order valence-electron chi connectivity index (χ3n) is 6.07. The van der Waals surface area contributed by atoms with Crippen LogP contribution in [-0.4, -0.2) is 32.2 Å². The van der Waals surface area contributed by atoms with Crippen molar-refractivity contribution in [2.75, 3.05) is 13.0 Å². The minimum atomic E-state index is -3.18. The number of rotatable bonds is 7. The molecule has 2 aliphatic rings. The van der Waals surface area contributed by atoms with Crippen molar-refractivity contribution < 1.29 is 22.7 Å². The summed E-state index contributed by atoms with van der Waals surface area (Å²) in [6.45, 7) is 0.206. The third-order valence-corrected chi connectivity index (χ3v) is 6.90. The zero-order valence-corrected chi connectivity index (χ0v) is 18.5. The number of benzene rings is 2. The molecule has 1 aromatic heterocycles. The minimum Gasteiger partial charge on any atom is -0.454 e. The summed E-state index contributed by atoms with van der Waals surface area (Å²) in [6.07, 6.45) is 3.05. The van der Waals surface area contributed by atoms with Gasteiger partial charge in [-0.25, -0.2) is 8.42 Å². The Labute approximate surface area is 187 Å². The van der Waals surface area contributed by atoms with Crippen LogP contribution in [0.3, 0.4) is 0 Å². The Balaban J connectivity index is 1.40. The number of fused-ring (bicyclic) bond motifs is 1. The van der Waals surface area contributed by atoms with Crippen LogP contribution in [0.2, 0.25) is 0 Å². The number of Topliss-reactive ketones (excluding diaryl/α,β-unsaturated/α-hetero) is 1. The second kappa shape index (κ2) is 7.74. The van der Waals surface area contributed by atoms with E-state index < -0.39 is 15.3 Å². The van der Waals surface area contributed by atoms with Crippen molar-refractivity contribution in [3.05, 3.63) is 77.5 Å². The molecule has 2 aromatic carbocycles. The molecule has 0 atom stereocenters. The monoisotopic (exact) mass is 449 g/mol. The second-order valence-corrected chi connectivity index (χ2v) is 10.6. The van der Waals surface area contributed by atoms with Gasteiger partial charge in [0.2, 0.25) is 6.79 Å². The van der Waals surface area contributed by atoms with Crippen LogP contribution in [0.4, 0.5) is 0 Å². The van der Waals surface area contributed by atoms with Gasteiger partial charge in [0.05, 0.1) is 16.9 Å². The predicted octanol–water partition coefficient (Wildman–Crippen LogP) is 3.87. The lowest BCUT2D eigenvalue weighted by molar-refractivity contribution is -0.120. The highest BCUT2D eigenvalue weighted by atomic mass is 32.2. The van der Waals surface area contributed by atoms with E-state index in [2.05, 4.69) is 0 Å². The van der Waals surface area contributed by atoms with E-state index in [0.717, 1.165) is 24.0 Å². The third kappa shape index (κ3) is 4.00. The maximum Gasteiger partial charge on any atom is 0.231 e. The smallest absolute Gasteiger partial charge is 0.231 e. The van der Waals surface area contributed by atoms with Crippen LogP contribution >= 0.6 is 0 Å². The molecule has 164 valence electrons. The van der Waals surface area contributed by atoms with Gasteiger partial charge >= 0.3 is 0 Å². The zero-order chi connectivity index (χ0) is 22.3. The van der Waals surface area contributed by atoms with Gasteiger partial charge in [0.15, 0.2) is 21.3 Å². The van der Waals surface area contributed by atoms with Gasteiger partial charge in [-0.2, -0.15) is 0 Å². The first-order valence-electron chi connectivity index (χ1n) is 10.5. The molecule has 1 aliphatic carbocycles. The molecular formula is C25H23NO5S. The van der Waals surface area contributed by atoms with Gasteiger partial charge in [-0.15, -0.1) is 0 Å². The van der Waals surface area contributed by atoms with Gasteiger partial charge in [-0.05, 0) is 48.2 Å². The van der Waals surface area contributed by atoms with Crippen LogP contribution in [0.15, 0.2) is 60.7 Å². The molecule has 0 spiro atoms. The fourth-order valence-electron chi connectivity index (χ4n) is 4.29. The molecule has 0 saturated heterocycles. The molecule has 0 bridgehead atoms. The lowest BCUT2D eigenvalue weighted by atomic mass is 9.88. The van der Waals surface area contributed by atoms with Gasteiger partial charge in [-0.1, -0.05) is 36.4 Å². The molecule has 0 N–H and O–H groups in total. The first-order valence-corrected chi connectivity index (χ1v) is 12.6. The highest BCUT2D eigenvalue weighted by Crippen LogP contribution is 2.51. The summed E-state index contributed by atoms with van der Waals surface area (Å²) in [7, 11) is -3.18. The highest BCUT2D eigenvalue weighted by Gasteiger charge is 2.51. The van der Waals surface area contributed by atoms with Crippen LogP contribution in [0.25, 0.3) is 11.3 Å². The number of nitrogens with zero attached hydrogens (tertiary/aromatic N) is 1. The molecule has 1 aliphatic heterocycles. The molecule has 1 saturated carbocycles. The van der Waals surface area contributed by atoms with Crippen LogP contribution in [0, 0.1) is 0 Å². The normalized spacial score (nSPS) is 16.0. The van der Waals surface area contributed by atoms with E-state index in [1.807, 2.05) is 54.6 Å². The van der Waals surface area contributed by atoms with Gasteiger partial charge in [0.1, 0.15) is 5.78 Å². The quantitative estimate of drug-likeness (QED) is 0.545. The molecule has 2 heterocycles. The fraction of sp³-hybridized carbons (Fsp3) is 0.280. The average Bonchev–Trinajstić information content (AvgIpc) is 3.44. The molecule has 32 heavy (non-hydrogen) atoms. The van der Waals surface area contributed by atoms with Gasteiger partial charge < -0.3 is 9.47 Å². The lowest BCUT2D eigenvalue weighted by Crippen LogP contribution is -2.23. The van der Waals surface area contributed by atoms with E-state index in [4.69, 9.17) is 14.5 Å². The Kier molecular flexibility index (Phi) is 5.01. The van der Waals surface area contributed by atoms with E-state index in [0.29, 0.717) is 28.5 Å². The number of ether oxygens (including phenoxy) is 2. The first kappa shape index (κ1) is 20.7. The van der Waals surface area contributed by atoms with Crippen LogP contribution in [0.5, 0.6) is 11.5 Å². The molecule has 1 fully saturated rings. The van der Waals surface area contributed by atoms with Crippen molar-refractivity contribution in [1.29, 1.82) is 0 Å². The summed E-state index contributed by atoms with van der Waals surface area (Å²) < 4.78 is 34.5. The van der Waals surface area contributed by atoms with Gasteiger partial charge in [0, 0.05) is 23.9 Å². The van der Waals surface area contributed by atoms with E-state index in [1.54, 1.807) is 6.07 Å². The van der Waals surface area contributed by atoms with Crippen molar-refractivity contribution in [3.8, 4) is 22.8 Å². The minimum absolute atomic E-state index is 0.0543. The van der Waals surface area contributed by atoms with E-state index >= 15 is 0 Å². The number of aromatic nitrogens is 1. The standard InChI is InChI=1S/C25H23NO5S/c1-32(28,29)15-17-5-2-3-7-20(17)21-8-4-6-19(26-21)14-24(27)25(11-12-25)18-9-10-22-23(13-18)31-16-30-22/h2-10,13H,11-12,14-16H2,1H3. The maximum atomic E-state index is 13.3. The summed E-state index contributed by atoms with van der Waals surface area (Å²) in [6, 6.07) is 18.6.